The van der Waals surface area contributed by atoms with Crippen molar-refractivity contribution in [2.45, 2.75) is 13.5 Å². The summed E-state index contributed by atoms with van der Waals surface area (Å²) in [5, 5.41) is 0. The number of para-hydroxylation sites is 1. The molecule has 1 saturated heterocycles. The van der Waals surface area contributed by atoms with Crippen LogP contribution in [0.1, 0.15) is 12.5 Å². The van der Waals surface area contributed by atoms with E-state index in [0.29, 0.717) is 6.54 Å². The van der Waals surface area contributed by atoms with Gasteiger partial charge < -0.3 is 14.7 Å². The Morgan fingerprint density at radius 3 is 2.12 bits per heavy atom. The first-order valence-electron chi connectivity index (χ1n) is 9.10. The number of rotatable bonds is 6. The van der Waals surface area contributed by atoms with Gasteiger partial charge in [0.25, 0.3) is 0 Å². The molecule has 0 spiro atoms. The first-order valence-corrected chi connectivity index (χ1v) is 9.10. The van der Waals surface area contributed by atoms with Gasteiger partial charge in [-0.25, -0.2) is 0 Å². The van der Waals surface area contributed by atoms with Crippen LogP contribution in [0.25, 0.3) is 0 Å². The number of hydrogen-bond acceptors (Lipinski definition) is 3. The summed E-state index contributed by atoms with van der Waals surface area (Å²) in [4.78, 5) is 19.4. The second-order valence-electron chi connectivity index (χ2n) is 6.49. The van der Waals surface area contributed by atoms with Gasteiger partial charge >= 0.3 is 0 Å². The number of likely N-dealkylation sites (N-methyl/N-ethyl adjacent to an activating group) is 1. The predicted octanol–water partition coefficient (Wildman–Crippen LogP) is 2.86. The van der Waals surface area contributed by atoms with Gasteiger partial charge in [-0.15, -0.1) is 0 Å². The van der Waals surface area contributed by atoms with Crippen LogP contribution in [0.2, 0.25) is 0 Å². The number of carbonyl (C=O) groups is 1. The fourth-order valence-electron chi connectivity index (χ4n) is 3.26. The molecule has 1 amide bonds. The monoisotopic (exact) mass is 337 g/mol. The van der Waals surface area contributed by atoms with Gasteiger partial charge in [0.05, 0.1) is 6.54 Å². The smallest absolute Gasteiger partial charge is 0.242 e. The quantitative estimate of drug-likeness (QED) is 0.811. The van der Waals surface area contributed by atoms with Crippen molar-refractivity contribution in [2.75, 3.05) is 44.2 Å². The number of piperazine rings is 1. The number of nitrogens with zero attached hydrogens (tertiary/aromatic N) is 3. The Labute approximate surface area is 150 Å². The zero-order valence-corrected chi connectivity index (χ0v) is 15.0. The minimum Gasteiger partial charge on any atom is -0.358 e. The number of carbonyl (C=O) groups excluding carboxylic acids is 1. The SMILES string of the molecule is CCN1CCN(C(=O)CN(Cc2ccccc2)c2ccccc2)CC1. The molecule has 0 unspecified atom stereocenters. The fraction of sp³-hybridized carbons (Fsp3) is 0.381. The molecule has 0 aliphatic carbocycles. The van der Waals surface area contributed by atoms with Crippen LogP contribution < -0.4 is 4.90 Å². The Kier molecular flexibility index (Phi) is 6.07. The molecule has 0 N–H and O–H groups in total. The molecular formula is C21H27N3O. The highest BCUT2D eigenvalue weighted by Gasteiger charge is 2.22. The van der Waals surface area contributed by atoms with Crippen molar-refractivity contribution >= 4 is 11.6 Å². The zero-order chi connectivity index (χ0) is 17.5. The highest BCUT2D eigenvalue weighted by molar-refractivity contribution is 5.81. The molecule has 0 bridgehead atoms. The number of benzene rings is 2. The van der Waals surface area contributed by atoms with E-state index in [1.807, 2.05) is 41.3 Å². The molecule has 1 aliphatic heterocycles. The standard InChI is InChI=1S/C21H27N3O/c1-2-22-13-15-23(16-14-22)21(25)18-24(20-11-7-4-8-12-20)17-19-9-5-3-6-10-19/h3-12H,2,13-18H2,1H3. The van der Waals surface area contributed by atoms with Crippen LogP contribution in [0.5, 0.6) is 0 Å². The van der Waals surface area contributed by atoms with Gasteiger partial charge in [0.2, 0.25) is 5.91 Å². The summed E-state index contributed by atoms with van der Waals surface area (Å²) in [6.07, 6.45) is 0. The fourth-order valence-corrected chi connectivity index (χ4v) is 3.26. The van der Waals surface area contributed by atoms with Crippen LogP contribution in [0, 0.1) is 0 Å². The third kappa shape index (κ3) is 4.83. The number of anilines is 1. The first kappa shape index (κ1) is 17.5. The van der Waals surface area contributed by atoms with Crippen molar-refractivity contribution in [1.82, 2.24) is 9.80 Å². The van der Waals surface area contributed by atoms with E-state index < -0.39 is 0 Å². The maximum Gasteiger partial charge on any atom is 0.242 e. The molecule has 1 heterocycles. The number of amides is 1. The molecule has 0 aromatic heterocycles. The normalized spacial score (nSPS) is 15.2. The van der Waals surface area contributed by atoms with Gasteiger partial charge in [-0.05, 0) is 24.2 Å². The molecule has 4 nitrogen and oxygen atoms in total. The largest absolute Gasteiger partial charge is 0.358 e. The molecule has 4 heteroatoms. The summed E-state index contributed by atoms with van der Waals surface area (Å²) in [7, 11) is 0. The Balaban J connectivity index is 1.68. The first-order chi connectivity index (χ1) is 12.3. The lowest BCUT2D eigenvalue weighted by Gasteiger charge is -2.35. The van der Waals surface area contributed by atoms with E-state index in [4.69, 9.17) is 0 Å². The Morgan fingerprint density at radius 1 is 0.920 bits per heavy atom. The third-order valence-corrected chi connectivity index (χ3v) is 4.84. The van der Waals surface area contributed by atoms with Gasteiger partial charge in [0.1, 0.15) is 0 Å². The van der Waals surface area contributed by atoms with E-state index in [1.54, 1.807) is 0 Å². The van der Waals surface area contributed by atoms with Crippen LogP contribution in [0.15, 0.2) is 60.7 Å². The van der Waals surface area contributed by atoms with Crippen LogP contribution >= 0.6 is 0 Å². The van der Waals surface area contributed by atoms with Crippen molar-refractivity contribution in [3.63, 3.8) is 0 Å². The summed E-state index contributed by atoms with van der Waals surface area (Å²) < 4.78 is 0. The molecule has 25 heavy (non-hydrogen) atoms. The Bertz CT molecular complexity index is 651. The van der Waals surface area contributed by atoms with Gasteiger partial charge in [-0.3, -0.25) is 4.79 Å². The zero-order valence-electron chi connectivity index (χ0n) is 15.0. The van der Waals surface area contributed by atoms with E-state index in [0.717, 1.165) is 45.0 Å². The van der Waals surface area contributed by atoms with Gasteiger partial charge in [-0.2, -0.15) is 0 Å². The number of hydrogen-bond donors (Lipinski definition) is 0. The van der Waals surface area contributed by atoms with Crippen molar-refractivity contribution in [3.8, 4) is 0 Å². The molecule has 2 aromatic rings. The summed E-state index contributed by atoms with van der Waals surface area (Å²) in [6, 6.07) is 20.5. The second-order valence-corrected chi connectivity index (χ2v) is 6.49. The van der Waals surface area contributed by atoms with Crippen molar-refractivity contribution in [1.29, 1.82) is 0 Å². The maximum absolute atomic E-state index is 12.8. The average molecular weight is 337 g/mol. The van der Waals surface area contributed by atoms with Crippen molar-refractivity contribution < 1.29 is 4.79 Å². The van der Waals surface area contributed by atoms with E-state index >= 15 is 0 Å². The lowest BCUT2D eigenvalue weighted by Crippen LogP contribution is -2.51. The lowest BCUT2D eigenvalue weighted by atomic mass is 10.2. The van der Waals surface area contributed by atoms with Crippen LogP contribution in [0.3, 0.4) is 0 Å². The summed E-state index contributed by atoms with van der Waals surface area (Å²) >= 11 is 0. The molecule has 0 atom stereocenters. The van der Waals surface area contributed by atoms with Gasteiger partial charge in [-0.1, -0.05) is 55.5 Å². The van der Waals surface area contributed by atoms with Crippen molar-refractivity contribution in [2.24, 2.45) is 0 Å². The average Bonchev–Trinajstić information content (AvgIpc) is 2.69. The molecular weight excluding hydrogens is 310 g/mol. The second kappa shape index (κ2) is 8.67. The lowest BCUT2D eigenvalue weighted by molar-refractivity contribution is -0.131. The highest BCUT2D eigenvalue weighted by Crippen LogP contribution is 2.17. The molecule has 3 rings (SSSR count). The van der Waals surface area contributed by atoms with E-state index in [2.05, 4.69) is 41.0 Å². The van der Waals surface area contributed by atoms with Gasteiger partial charge in [0.15, 0.2) is 0 Å². The molecule has 0 radical (unpaired) electrons. The molecule has 2 aromatic carbocycles. The van der Waals surface area contributed by atoms with Crippen LogP contribution in [-0.4, -0.2) is 55.0 Å². The molecule has 1 fully saturated rings. The Hall–Kier alpha value is -2.33. The van der Waals surface area contributed by atoms with Gasteiger partial charge in [0, 0.05) is 38.4 Å². The van der Waals surface area contributed by atoms with Crippen LogP contribution in [0.4, 0.5) is 5.69 Å². The summed E-state index contributed by atoms with van der Waals surface area (Å²) in [6.45, 7) is 8.02. The molecule has 132 valence electrons. The highest BCUT2D eigenvalue weighted by atomic mass is 16.2. The molecule has 1 aliphatic rings. The van der Waals surface area contributed by atoms with E-state index in [-0.39, 0.29) is 5.91 Å². The topological polar surface area (TPSA) is 26.8 Å². The minimum atomic E-state index is 0.218. The predicted molar refractivity (Wildman–Crippen MR) is 103 cm³/mol. The Morgan fingerprint density at radius 2 is 1.52 bits per heavy atom. The van der Waals surface area contributed by atoms with Crippen LogP contribution in [-0.2, 0) is 11.3 Å². The maximum atomic E-state index is 12.8. The van der Waals surface area contributed by atoms with Crippen molar-refractivity contribution in [3.05, 3.63) is 66.2 Å². The summed E-state index contributed by atoms with van der Waals surface area (Å²) in [5.74, 6) is 0.218. The van der Waals surface area contributed by atoms with E-state index in [1.165, 1.54) is 5.56 Å². The minimum absolute atomic E-state index is 0.218. The summed E-state index contributed by atoms with van der Waals surface area (Å²) in [5.41, 5.74) is 2.31. The van der Waals surface area contributed by atoms with E-state index in [9.17, 15) is 4.79 Å². The molecule has 0 saturated carbocycles. The third-order valence-electron chi connectivity index (χ3n) is 4.84.